The fraction of sp³-hybridized carbons (Fsp3) is 0.0392. The molecule has 0 fully saturated rings. The lowest BCUT2D eigenvalue weighted by Gasteiger charge is -2.47. The van der Waals surface area contributed by atoms with Gasteiger partial charge in [-0.2, -0.15) is 0 Å². The molecule has 2 heterocycles. The number of rotatable bonds is 3. The molecule has 1 aromatic heterocycles. The number of nitrogens with zero attached hydrogens (tertiary/aromatic N) is 1. The van der Waals surface area contributed by atoms with Crippen LogP contribution >= 0.6 is 0 Å². The molecule has 254 valence electrons. The normalized spacial score (nSPS) is 16.6. The number of benzene rings is 8. The molecule has 9 aromatic rings. The lowest BCUT2D eigenvalue weighted by atomic mass is 9.57. The van der Waals surface area contributed by atoms with Gasteiger partial charge in [-0.25, -0.2) is 0 Å². The van der Waals surface area contributed by atoms with Gasteiger partial charge >= 0.3 is 0 Å². The second-order valence-corrected chi connectivity index (χ2v) is 14.4. The minimum Gasteiger partial charge on any atom is -0.384 e. The molecule has 3 nitrogen and oxygen atoms in total. The second-order valence-electron chi connectivity index (χ2n) is 14.4. The van der Waals surface area contributed by atoms with Crippen molar-refractivity contribution in [1.82, 2.24) is 4.57 Å². The first-order chi connectivity index (χ1) is 26.6. The Morgan fingerprint density at radius 2 is 1.00 bits per heavy atom. The second kappa shape index (κ2) is 11.6. The zero-order valence-electron chi connectivity index (χ0n) is 29.3. The Morgan fingerprint density at radius 1 is 0.444 bits per heavy atom. The van der Waals surface area contributed by atoms with E-state index in [4.69, 9.17) is 0 Å². The van der Waals surface area contributed by atoms with Crippen molar-refractivity contribution in [1.29, 1.82) is 0 Å². The number of hydrogen-bond acceptors (Lipinski definition) is 2. The first kappa shape index (κ1) is 30.8. The van der Waals surface area contributed by atoms with Crippen molar-refractivity contribution in [2.45, 2.75) is 11.5 Å². The first-order valence-electron chi connectivity index (χ1n) is 18.5. The van der Waals surface area contributed by atoms with Crippen LogP contribution in [0.3, 0.4) is 0 Å². The number of aliphatic hydroxyl groups excluding tert-OH is 1. The van der Waals surface area contributed by atoms with Crippen LogP contribution in [0.25, 0.3) is 60.7 Å². The molecule has 0 amide bonds. The van der Waals surface area contributed by atoms with Gasteiger partial charge in [0, 0.05) is 5.39 Å². The molecule has 0 saturated carbocycles. The summed E-state index contributed by atoms with van der Waals surface area (Å²) in [6, 6.07) is 65.3. The minimum atomic E-state index is -0.868. The van der Waals surface area contributed by atoms with E-state index in [0.29, 0.717) is 5.39 Å². The van der Waals surface area contributed by atoms with Crippen LogP contribution in [0.5, 0.6) is 0 Å². The van der Waals surface area contributed by atoms with E-state index in [1.54, 1.807) is 0 Å². The molecule has 3 heteroatoms. The summed E-state index contributed by atoms with van der Waals surface area (Å²) in [5, 5.41) is 14.7. The number of hydrogen-bond donors (Lipinski definition) is 1. The van der Waals surface area contributed by atoms with Gasteiger partial charge in [0.1, 0.15) is 6.10 Å². The average Bonchev–Trinajstić information content (AvgIpc) is 3.25. The third-order valence-electron chi connectivity index (χ3n) is 11.8. The van der Waals surface area contributed by atoms with Crippen molar-refractivity contribution < 1.29 is 5.11 Å². The average molecular weight is 692 g/mol. The summed E-state index contributed by atoms with van der Waals surface area (Å²) in [4.78, 5) is 15.6. The monoisotopic (exact) mass is 691 g/mol. The molecule has 1 aliphatic carbocycles. The van der Waals surface area contributed by atoms with E-state index < -0.39 is 11.5 Å². The smallest absolute Gasteiger partial charge is 0.264 e. The lowest BCUT2D eigenvalue weighted by Crippen LogP contribution is -2.42. The number of fused-ring (bicyclic) bond motifs is 10. The highest BCUT2D eigenvalue weighted by molar-refractivity contribution is 6.14. The molecule has 0 unspecified atom stereocenters. The minimum absolute atomic E-state index is 0.0494. The Kier molecular flexibility index (Phi) is 6.61. The highest BCUT2D eigenvalue weighted by Crippen LogP contribution is 2.59. The van der Waals surface area contributed by atoms with E-state index in [0.717, 1.165) is 88.7 Å². The predicted octanol–water partition coefficient (Wildman–Crippen LogP) is 11.2. The van der Waals surface area contributed by atoms with E-state index in [2.05, 4.69) is 146 Å². The standard InChI is InChI=1S/C51H33NO2/c53-49-39-21-10-12-25-42(39)51(43-26-13-11-22-40(43)49)44-30-35(32-15-4-1-5-16-32)27-28-46(44)52-48-41(29-36(31-45(48)51)33-17-6-2-7-18-33)38-24-14-23-37(47(38)50(52)54)34-19-8-3-9-20-34/h1-31,49,53H. The molecule has 0 bridgehead atoms. The van der Waals surface area contributed by atoms with Crippen LogP contribution < -0.4 is 5.56 Å². The van der Waals surface area contributed by atoms with E-state index in [1.807, 2.05) is 47.0 Å². The summed E-state index contributed by atoms with van der Waals surface area (Å²) < 4.78 is 1.99. The fourth-order valence-corrected chi connectivity index (χ4v) is 9.51. The molecule has 11 rings (SSSR count). The van der Waals surface area contributed by atoms with Gasteiger partial charge in [-0.15, -0.1) is 0 Å². The van der Waals surface area contributed by atoms with Gasteiger partial charge in [0.25, 0.3) is 5.56 Å². The molecule has 1 N–H and O–H groups in total. The van der Waals surface area contributed by atoms with Gasteiger partial charge in [0.2, 0.25) is 0 Å². The Labute approximate surface area is 312 Å². The maximum atomic E-state index is 15.6. The van der Waals surface area contributed by atoms with Gasteiger partial charge in [0.15, 0.2) is 0 Å². The highest BCUT2D eigenvalue weighted by atomic mass is 16.3. The van der Waals surface area contributed by atoms with Crippen molar-refractivity contribution in [3.8, 4) is 39.1 Å². The summed E-state index contributed by atoms with van der Waals surface area (Å²) >= 11 is 0. The summed E-state index contributed by atoms with van der Waals surface area (Å²) in [5.41, 5.74) is 12.9. The number of pyridine rings is 1. The van der Waals surface area contributed by atoms with Crippen LogP contribution in [0, 0.1) is 0 Å². The molecular formula is C51H33NO2. The van der Waals surface area contributed by atoms with E-state index in [9.17, 15) is 5.11 Å². The van der Waals surface area contributed by atoms with Crippen molar-refractivity contribution in [2.75, 3.05) is 0 Å². The zero-order chi connectivity index (χ0) is 36.0. The molecule has 0 radical (unpaired) electrons. The van der Waals surface area contributed by atoms with Crippen molar-refractivity contribution in [3.05, 3.63) is 232 Å². The molecule has 8 aromatic carbocycles. The number of aromatic nitrogens is 1. The fourth-order valence-electron chi connectivity index (χ4n) is 9.51. The zero-order valence-corrected chi connectivity index (χ0v) is 29.3. The molecule has 0 saturated heterocycles. The van der Waals surface area contributed by atoms with Gasteiger partial charge in [-0.1, -0.05) is 164 Å². The third kappa shape index (κ3) is 4.13. The van der Waals surface area contributed by atoms with E-state index in [-0.39, 0.29) is 5.56 Å². The van der Waals surface area contributed by atoms with Crippen LogP contribution in [0.2, 0.25) is 0 Å². The van der Waals surface area contributed by atoms with E-state index >= 15 is 4.79 Å². The quantitative estimate of drug-likeness (QED) is 0.187. The maximum absolute atomic E-state index is 15.6. The summed E-state index contributed by atoms with van der Waals surface area (Å²) in [6.07, 6.45) is -0.800. The molecule has 54 heavy (non-hydrogen) atoms. The topological polar surface area (TPSA) is 42.2 Å². The first-order valence-corrected chi connectivity index (χ1v) is 18.5. The summed E-state index contributed by atoms with van der Waals surface area (Å²) in [6.45, 7) is 0. The van der Waals surface area contributed by atoms with E-state index in [1.165, 1.54) is 0 Å². The summed E-state index contributed by atoms with van der Waals surface area (Å²) in [7, 11) is 0. The number of aliphatic hydroxyl groups is 1. The van der Waals surface area contributed by atoms with Crippen LogP contribution in [-0.2, 0) is 5.41 Å². The van der Waals surface area contributed by atoms with Gasteiger partial charge in [-0.3, -0.25) is 9.36 Å². The Balaban J connectivity index is 1.41. The third-order valence-corrected chi connectivity index (χ3v) is 11.8. The van der Waals surface area contributed by atoms with Crippen LogP contribution in [0.1, 0.15) is 39.5 Å². The molecular weight excluding hydrogens is 659 g/mol. The Hall–Kier alpha value is -6.81. The highest BCUT2D eigenvalue weighted by Gasteiger charge is 2.51. The Bertz CT molecular complexity index is 2970. The maximum Gasteiger partial charge on any atom is 0.264 e. The van der Waals surface area contributed by atoms with Crippen LogP contribution in [0.15, 0.2) is 193 Å². The molecule has 0 atom stereocenters. The largest absolute Gasteiger partial charge is 0.384 e. The van der Waals surface area contributed by atoms with Gasteiger partial charge in [-0.05, 0) is 96.4 Å². The molecule has 2 aliphatic rings. The van der Waals surface area contributed by atoms with Crippen molar-refractivity contribution >= 4 is 21.7 Å². The Morgan fingerprint density at radius 3 is 1.65 bits per heavy atom. The lowest BCUT2D eigenvalue weighted by molar-refractivity contribution is 0.212. The summed E-state index contributed by atoms with van der Waals surface area (Å²) in [5.74, 6) is 0. The van der Waals surface area contributed by atoms with Gasteiger partial charge < -0.3 is 5.11 Å². The molecule has 1 aliphatic heterocycles. The van der Waals surface area contributed by atoms with Crippen molar-refractivity contribution in [2.24, 2.45) is 0 Å². The predicted molar refractivity (Wildman–Crippen MR) is 219 cm³/mol. The van der Waals surface area contributed by atoms with Crippen molar-refractivity contribution in [3.63, 3.8) is 0 Å². The van der Waals surface area contributed by atoms with Crippen LogP contribution in [-0.4, -0.2) is 9.67 Å². The SMILES string of the molecule is O=c1c2c(-c3ccccc3)cccc2c2cc(-c3ccccc3)cc3c2n1-c1ccc(-c2ccccc2)cc1C31c2ccccc2C(O)c2ccccc21. The molecule has 1 spiro atoms. The van der Waals surface area contributed by atoms with Gasteiger partial charge in [0.05, 0.1) is 22.0 Å². The van der Waals surface area contributed by atoms with Crippen LogP contribution in [0.4, 0.5) is 0 Å².